The number of carboxylic acids is 1. The number of hydrogen-bond acceptors (Lipinski definition) is 4. The maximum atomic E-state index is 11.1. The predicted molar refractivity (Wildman–Crippen MR) is 73.4 cm³/mol. The highest BCUT2D eigenvalue weighted by molar-refractivity contribution is 5.91. The van der Waals surface area contributed by atoms with Crippen molar-refractivity contribution in [2.75, 3.05) is 13.7 Å². The molecule has 0 fully saturated rings. The number of ether oxygens (including phenoxy) is 2. The van der Waals surface area contributed by atoms with Crippen molar-refractivity contribution in [3.8, 4) is 11.5 Å². The molecule has 0 aliphatic rings. The smallest absolute Gasteiger partial charge is 0.339 e. The van der Waals surface area contributed by atoms with E-state index >= 15 is 0 Å². The summed E-state index contributed by atoms with van der Waals surface area (Å²) in [6.07, 6.45) is 4.12. The molecule has 0 saturated carbocycles. The topological polar surface area (TPSA) is 68.7 Å². The summed E-state index contributed by atoms with van der Waals surface area (Å²) < 4.78 is 10.6. The third-order valence-corrected chi connectivity index (χ3v) is 2.79. The Kier molecular flexibility index (Phi) is 4.55. The van der Waals surface area contributed by atoms with Crippen molar-refractivity contribution in [1.82, 2.24) is 4.98 Å². The van der Waals surface area contributed by atoms with Crippen LogP contribution >= 0.6 is 0 Å². The van der Waals surface area contributed by atoms with Gasteiger partial charge in [0.1, 0.15) is 17.1 Å². The van der Waals surface area contributed by atoms with Crippen molar-refractivity contribution in [3.63, 3.8) is 0 Å². The predicted octanol–water partition coefficient (Wildman–Crippen LogP) is 2.41. The van der Waals surface area contributed by atoms with Crippen LogP contribution in [0.2, 0.25) is 0 Å². The Bertz CT molecular complexity index is 584. The molecule has 5 nitrogen and oxygen atoms in total. The van der Waals surface area contributed by atoms with Crippen molar-refractivity contribution in [1.29, 1.82) is 0 Å². The number of nitrogens with zero attached hydrogens (tertiary/aromatic N) is 1. The molecule has 0 bridgehead atoms. The molecule has 0 amide bonds. The van der Waals surface area contributed by atoms with Gasteiger partial charge in [0, 0.05) is 24.9 Å². The molecular weight excluding hydrogens is 258 g/mol. The molecule has 5 heteroatoms. The Morgan fingerprint density at radius 3 is 2.85 bits per heavy atom. The molecule has 0 aliphatic heterocycles. The van der Waals surface area contributed by atoms with E-state index in [0.717, 1.165) is 5.56 Å². The number of benzene rings is 1. The van der Waals surface area contributed by atoms with Gasteiger partial charge in [-0.2, -0.15) is 0 Å². The Labute approximate surface area is 116 Å². The van der Waals surface area contributed by atoms with E-state index in [9.17, 15) is 4.79 Å². The second kappa shape index (κ2) is 6.56. The summed E-state index contributed by atoms with van der Waals surface area (Å²) in [4.78, 5) is 15.1. The van der Waals surface area contributed by atoms with Crippen LogP contribution in [0.4, 0.5) is 0 Å². The number of hydrogen-bond donors (Lipinski definition) is 1. The van der Waals surface area contributed by atoms with Crippen LogP contribution in [0.15, 0.2) is 42.7 Å². The third-order valence-electron chi connectivity index (χ3n) is 2.79. The summed E-state index contributed by atoms with van der Waals surface area (Å²) in [7, 11) is 1.52. The second-order valence-corrected chi connectivity index (χ2v) is 4.13. The fraction of sp³-hybridized carbons (Fsp3) is 0.200. The molecule has 1 aromatic heterocycles. The zero-order chi connectivity index (χ0) is 14.4. The minimum absolute atomic E-state index is 0.122. The third kappa shape index (κ3) is 3.47. The molecule has 1 N–H and O–H groups in total. The van der Waals surface area contributed by atoms with E-state index in [1.165, 1.54) is 13.2 Å². The van der Waals surface area contributed by atoms with E-state index < -0.39 is 5.97 Å². The highest BCUT2D eigenvalue weighted by Crippen LogP contribution is 2.25. The number of rotatable bonds is 6. The van der Waals surface area contributed by atoms with Crippen LogP contribution in [0.25, 0.3) is 0 Å². The summed E-state index contributed by atoms with van der Waals surface area (Å²) in [5.74, 6) is -0.156. The molecular formula is C15H15NO4. The van der Waals surface area contributed by atoms with Crippen molar-refractivity contribution in [2.24, 2.45) is 0 Å². The standard InChI is InChI=1S/C15H15NO4/c1-19-12-4-5-13(15(17)18)14(9-12)20-8-6-11-3-2-7-16-10-11/h2-5,7,9-10H,6,8H2,1H3,(H,17,18). The van der Waals surface area contributed by atoms with E-state index in [1.54, 1.807) is 24.5 Å². The van der Waals surface area contributed by atoms with Gasteiger partial charge in [-0.15, -0.1) is 0 Å². The Morgan fingerprint density at radius 2 is 2.20 bits per heavy atom. The molecule has 0 unspecified atom stereocenters. The molecule has 2 rings (SSSR count). The highest BCUT2D eigenvalue weighted by Gasteiger charge is 2.12. The lowest BCUT2D eigenvalue weighted by Gasteiger charge is -2.10. The van der Waals surface area contributed by atoms with E-state index in [1.807, 2.05) is 12.1 Å². The monoisotopic (exact) mass is 273 g/mol. The van der Waals surface area contributed by atoms with Crippen LogP contribution in [-0.4, -0.2) is 29.8 Å². The molecule has 1 aromatic carbocycles. The molecule has 1 heterocycles. The summed E-state index contributed by atoms with van der Waals surface area (Å²) >= 11 is 0. The van der Waals surface area contributed by atoms with E-state index in [2.05, 4.69) is 4.98 Å². The quantitative estimate of drug-likeness (QED) is 0.875. The van der Waals surface area contributed by atoms with Gasteiger partial charge in [-0.3, -0.25) is 4.98 Å². The Balaban J connectivity index is 2.06. The summed E-state index contributed by atoms with van der Waals surface area (Å²) in [6, 6.07) is 8.44. The Morgan fingerprint density at radius 1 is 1.35 bits per heavy atom. The number of carboxylic acid groups (broad SMARTS) is 1. The second-order valence-electron chi connectivity index (χ2n) is 4.13. The number of pyridine rings is 1. The lowest BCUT2D eigenvalue weighted by molar-refractivity contribution is 0.0692. The van der Waals surface area contributed by atoms with Gasteiger partial charge < -0.3 is 14.6 Å². The molecule has 0 spiro atoms. The van der Waals surface area contributed by atoms with Crippen LogP contribution < -0.4 is 9.47 Å². The van der Waals surface area contributed by atoms with Gasteiger partial charge in [0.2, 0.25) is 0 Å². The molecule has 0 saturated heterocycles. The SMILES string of the molecule is COc1ccc(C(=O)O)c(OCCc2cccnc2)c1. The largest absolute Gasteiger partial charge is 0.497 e. The van der Waals surface area contributed by atoms with Crippen LogP contribution in [0, 0.1) is 0 Å². The minimum atomic E-state index is -1.02. The van der Waals surface area contributed by atoms with Crippen molar-refractivity contribution < 1.29 is 19.4 Å². The first-order chi connectivity index (χ1) is 9.70. The lowest BCUT2D eigenvalue weighted by atomic mass is 10.2. The number of aromatic nitrogens is 1. The van der Waals surface area contributed by atoms with Crippen molar-refractivity contribution in [3.05, 3.63) is 53.9 Å². The van der Waals surface area contributed by atoms with Gasteiger partial charge in [-0.1, -0.05) is 6.07 Å². The van der Waals surface area contributed by atoms with Gasteiger partial charge in [0.05, 0.1) is 13.7 Å². The van der Waals surface area contributed by atoms with Crippen LogP contribution in [0.5, 0.6) is 11.5 Å². The van der Waals surface area contributed by atoms with E-state index in [0.29, 0.717) is 24.5 Å². The first-order valence-corrected chi connectivity index (χ1v) is 6.13. The van der Waals surface area contributed by atoms with Gasteiger partial charge in [0.25, 0.3) is 0 Å². The molecule has 0 aliphatic carbocycles. The first kappa shape index (κ1) is 13.9. The van der Waals surface area contributed by atoms with Crippen LogP contribution in [0.3, 0.4) is 0 Å². The van der Waals surface area contributed by atoms with E-state index in [-0.39, 0.29) is 5.56 Å². The van der Waals surface area contributed by atoms with Crippen molar-refractivity contribution >= 4 is 5.97 Å². The average Bonchev–Trinajstić information content (AvgIpc) is 2.48. The van der Waals surface area contributed by atoms with Gasteiger partial charge in [-0.25, -0.2) is 4.79 Å². The van der Waals surface area contributed by atoms with Crippen molar-refractivity contribution in [2.45, 2.75) is 6.42 Å². The Hall–Kier alpha value is -2.56. The van der Waals surface area contributed by atoms with Gasteiger partial charge in [-0.05, 0) is 23.8 Å². The fourth-order valence-corrected chi connectivity index (χ4v) is 1.75. The number of aromatic carboxylic acids is 1. The van der Waals surface area contributed by atoms with Gasteiger partial charge >= 0.3 is 5.97 Å². The highest BCUT2D eigenvalue weighted by atomic mass is 16.5. The van der Waals surface area contributed by atoms with E-state index in [4.69, 9.17) is 14.6 Å². The van der Waals surface area contributed by atoms with Gasteiger partial charge in [0.15, 0.2) is 0 Å². The normalized spacial score (nSPS) is 10.1. The molecule has 104 valence electrons. The molecule has 20 heavy (non-hydrogen) atoms. The summed E-state index contributed by atoms with van der Waals surface area (Å²) in [6.45, 7) is 0.374. The first-order valence-electron chi connectivity index (χ1n) is 6.13. The number of methoxy groups -OCH3 is 1. The summed E-state index contributed by atoms with van der Waals surface area (Å²) in [5.41, 5.74) is 1.16. The fourth-order valence-electron chi connectivity index (χ4n) is 1.75. The van der Waals surface area contributed by atoms with Crippen LogP contribution in [0.1, 0.15) is 15.9 Å². The lowest BCUT2D eigenvalue weighted by Crippen LogP contribution is -2.06. The zero-order valence-electron chi connectivity index (χ0n) is 11.1. The molecule has 0 atom stereocenters. The maximum absolute atomic E-state index is 11.1. The zero-order valence-corrected chi connectivity index (χ0v) is 11.1. The minimum Gasteiger partial charge on any atom is -0.497 e. The number of carbonyl (C=O) groups is 1. The molecule has 2 aromatic rings. The maximum Gasteiger partial charge on any atom is 0.339 e. The molecule has 0 radical (unpaired) electrons. The summed E-state index contributed by atoms with van der Waals surface area (Å²) in [5, 5.41) is 9.11. The average molecular weight is 273 g/mol. The van der Waals surface area contributed by atoms with Crippen LogP contribution in [-0.2, 0) is 6.42 Å².